The van der Waals surface area contributed by atoms with Crippen LogP contribution in [0.3, 0.4) is 0 Å². The normalized spacial score (nSPS) is 21.9. The van der Waals surface area contributed by atoms with Gasteiger partial charge in [0.05, 0.1) is 0 Å². The first-order valence-corrected chi connectivity index (χ1v) is 5.74. The Bertz CT molecular complexity index is 343. The monoisotopic (exact) mass is 209 g/mol. The Labute approximate surface area is 88.0 Å². The van der Waals surface area contributed by atoms with Gasteiger partial charge in [0.25, 0.3) is 0 Å². The van der Waals surface area contributed by atoms with E-state index in [1.807, 2.05) is 11.3 Å². The molecule has 0 spiro atoms. The number of nitrogens with zero attached hydrogens (tertiary/aromatic N) is 1. The molecule has 0 saturated heterocycles. The van der Waals surface area contributed by atoms with Gasteiger partial charge in [-0.1, -0.05) is 0 Å². The Balaban J connectivity index is 2.32. The van der Waals surface area contributed by atoms with Gasteiger partial charge in [0.2, 0.25) is 0 Å². The maximum absolute atomic E-state index is 5.46. The summed E-state index contributed by atoms with van der Waals surface area (Å²) in [6.45, 7) is 0. The number of amidine groups is 1. The third-order valence-corrected chi connectivity index (χ3v) is 3.77. The van der Waals surface area contributed by atoms with Crippen molar-refractivity contribution >= 4 is 17.2 Å². The van der Waals surface area contributed by atoms with Gasteiger partial charge in [-0.25, -0.2) is 5.84 Å². The van der Waals surface area contributed by atoms with Crippen LogP contribution < -0.4 is 11.3 Å². The van der Waals surface area contributed by atoms with Gasteiger partial charge in [-0.05, 0) is 36.3 Å². The zero-order valence-electron chi connectivity index (χ0n) is 8.29. The van der Waals surface area contributed by atoms with E-state index in [-0.39, 0.29) is 0 Å². The maximum atomic E-state index is 5.46. The number of aryl methyl sites for hydroxylation is 1. The number of fused-ring (bicyclic) bond motifs is 1. The Morgan fingerprint density at radius 1 is 1.71 bits per heavy atom. The topological polar surface area (TPSA) is 50.4 Å². The number of thiophene rings is 1. The quantitative estimate of drug-likeness (QED) is 0.320. The molecule has 76 valence electrons. The van der Waals surface area contributed by atoms with E-state index in [1.165, 1.54) is 23.3 Å². The number of aliphatic imine (C=N–C) groups is 1. The minimum atomic E-state index is 0.389. The summed E-state index contributed by atoms with van der Waals surface area (Å²) in [5.74, 6) is 6.76. The van der Waals surface area contributed by atoms with Crippen LogP contribution in [0.1, 0.15) is 29.2 Å². The van der Waals surface area contributed by atoms with Crippen molar-refractivity contribution in [3.05, 3.63) is 21.9 Å². The molecule has 3 nitrogen and oxygen atoms in total. The molecule has 1 aliphatic rings. The van der Waals surface area contributed by atoms with Gasteiger partial charge in [0.1, 0.15) is 5.84 Å². The SMILES string of the molecule is CN=C(NN)C1CCCc2sccc21. The average molecular weight is 209 g/mol. The standard InChI is InChI=1S/C10H15N3S/c1-12-10(13-11)8-3-2-4-9-7(8)5-6-14-9/h5-6,8H,2-4,11H2,1H3,(H,12,13). The number of hydrazine groups is 1. The van der Waals surface area contributed by atoms with E-state index in [0.29, 0.717) is 5.92 Å². The first-order valence-electron chi connectivity index (χ1n) is 4.86. The second-order valence-corrected chi connectivity index (χ2v) is 4.50. The predicted molar refractivity (Wildman–Crippen MR) is 60.7 cm³/mol. The lowest BCUT2D eigenvalue weighted by Gasteiger charge is -2.23. The van der Waals surface area contributed by atoms with Crippen LogP contribution in [0.15, 0.2) is 16.4 Å². The van der Waals surface area contributed by atoms with E-state index < -0.39 is 0 Å². The Morgan fingerprint density at radius 3 is 3.29 bits per heavy atom. The van der Waals surface area contributed by atoms with Gasteiger partial charge in [-0.2, -0.15) is 0 Å². The molecule has 0 aliphatic heterocycles. The minimum absolute atomic E-state index is 0.389. The van der Waals surface area contributed by atoms with Crippen LogP contribution in [0.4, 0.5) is 0 Å². The molecule has 0 aromatic carbocycles. The Morgan fingerprint density at radius 2 is 2.57 bits per heavy atom. The van der Waals surface area contributed by atoms with Crippen molar-refractivity contribution < 1.29 is 0 Å². The maximum Gasteiger partial charge on any atom is 0.118 e. The molecule has 3 N–H and O–H groups in total. The number of hydrogen-bond acceptors (Lipinski definition) is 3. The smallest absolute Gasteiger partial charge is 0.118 e. The first-order chi connectivity index (χ1) is 6.86. The molecule has 1 aromatic rings. The summed E-state index contributed by atoms with van der Waals surface area (Å²) in [6, 6.07) is 2.20. The van der Waals surface area contributed by atoms with E-state index in [2.05, 4.69) is 21.9 Å². The first kappa shape index (κ1) is 9.68. The predicted octanol–water partition coefficient (Wildman–Crippen LogP) is 1.66. The second kappa shape index (κ2) is 4.11. The summed E-state index contributed by atoms with van der Waals surface area (Å²) in [4.78, 5) is 5.69. The van der Waals surface area contributed by atoms with Crippen LogP contribution in [-0.4, -0.2) is 12.9 Å². The van der Waals surface area contributed by atoms with E-state index in [4.69, 9.17) is 5.84 Å². The zero-order valence-corrected chi connectivity index (χ0v) is 9.10. The molecular formula is C10H15N3S. The molecule has 2 rings (SSSR count). The summed E-state index contributed by atoms with van der Waals surface area (Å²) in [7, 11) is 1.79. The highest BCUT2D eigenvalue weighted by Gasteiger charge is 2.24. The largest absolute Gasteiger partial charge is 0.312 e. The van der Waals surface area contributed by atoms with Crippen molar-refractivity contribution in [2.75, 3.05) is 7.05 Å². The second-order valence-electron chi connectivity index (χ2n) is 3.50. The van der Waals surface area contributed by atoms with E-state index in [1.54, 1.807) is 7.05 Å². The molecular weight excluding hydrogens is 194 g/mol. The molecule has 1 heterocycles. The van der Waals surface area contributed by atoms with E-state index in [9.17, 15) is 0 Å². The summed E-state index contributed by atoms with van der Waals surface area (Å²) >= 11 is 1.84. The van der Waals surface area contributed by atoms with Gasteiger partial charge in [0, 0.05) is 17.8 Å². The van der Waals surface area contributed by atoms with Crippen LogP contribution in [0.5, 0.6) is 0 Å². The number of rotatable bonds is 1. The highest BCUT2D eigenvalue weighted by molar-refractivity contribution is 7.10. The van der Waals surface area contributed by atoms with Gasteiger partial charge in [0.15, 0.2) is 0 Å². The molecule has 0 fully saturated rings. The highest BCUT2D eigenvalue weighted by Crippen LogP contribution is 2.35. The summed E-state index contributed by atoms with van der Waals surface area (Å²) in [5.41, 5.74) is 4.12. The van der Waals surface area contributed by atoms with Crippen LogP contribution in [0.25, 0.3) is 0 Å². The van der Waals surface area contributed by atoms with E-state index >= 15 is 0 Å². The third-order valence-electron chi connectivity index (χ3n) is 2.77. The van der Waals surface area contributed by atoms with E-state index in [0.717, 1.165) is 12.3 Å². The van der Waals surface area contributed by atoms with Gasteiger partial charge >= 0.3 is 0 Å². The van der Waals surface area contributed by atoms with Crippen LogP contribution in [0.2, 0.25) is 0 Å². The van der Waals surface area contributed by atoms with Gasteiger partial charge < -0.3 is 5.43 Å². The Kier molecular flexibility index (Phi) is 2.84. The fourth-order valence-corrected chi connectivity index (χ4v) is 3.08. The lowest BCUT2D eigenvalue weighted by atomic mass is 9.87. The molecule has 0 saturated carbocycles. The van der Waals surface area contributed by atoms with Crippen molar-refractivity contribution in [2.45, 2.75) is 25.2 Å². The lowest BCUT2D eigenvalue weighted by molar-refractivity contribution is 0.645. The highest BCUT2D eigenvalue weighted by atomic mass is 32.1. The third kappa shape index (κ3) is 1.55. The Hall–Kier alpha value is -0.870. The molecule has 1 aliphatic carbocycles. The molecule has 4 heteroatoms. The summed E-state index contributed by atoms with van der Waals surface area (Å²) < 4.78 is 0. The average Bonchev–Trinajstić information content (AvgIpc) is 2.68. The van der Waals surface area contributed by atoms with Gasteiger partial charge in [-0.3, -0.25) is 4.99 Å². The zero-order chi connectivity index (χ0) is 9.97. The lowest BCUT2D eigenvalue weighted by Crippen LogP contribution is -2.36. The molecule has 14 heavy (non-hydrogen) atoms. The van der Waals surface area contributed by atoms with Gasteiger partial charge in [-0.15, -0.1) is 11.3 Å². The van der Waals surface area contributed by atoms with Crippen LogP contribution >= 0.6 is 11.3 Å². The van der Waals surface area contributed by atoms with Crippen molar-refractivity contribution in [2.24, 2.45) is 10.8 Å². The molecule has 1 aromatic heterocycles. The fourth-order valence-electron chi connectivity index (χ4n) is 2.09. The fraction of sp³-hybridized carbons (Fsp3) is 0.500. The number of hydrogen-bond donors (Lipinski definition) is 2. The minimum Gasteiger partial charge on any atom is -0.312 e. The molecule has 0 amide bonds. The molecule has 0 bridgehead atoms. The van der Waals surface area contributed by atoms with Crippen molar-refractivity contribution in [1.29, 1.82) is 0 Å². The van der Waals surface area contributed by atoms with Crippen molar-refractivity contribution in [1.82, 2.24) is 5.43 Å². The van der Waals surface area contributed by atoms with Crippen LogP contribution in [-0.2, 0) is 6.42 Å². The number of nitrogens with two attached hydrogens (primary N) is 1. The molecule has 1 unspecified atom stereocenters. The molecule has 1 atom stereocenters. The van der Waals surface area contributed by atoms with Crippen molar-refractivity contribution in [3.63, 3.8) is 0 Å². The summed E-state index contributed by atoms with van der Waals surface area (Å²) in [5, 5.41) is 2.16. The summed E-state index contributed by atoms with van der Waals surface area (Å²) in [6.07, 6.45) is 3.60. The molecule has 0 radical (unpaired) electrons. The number of nitrogens with one attached hydrogen (secondary N) is 1. The van der Waals surface area contributed by atoms with Crippen LogP contribution in [0, 0.1) is 0 Å². The van der Waals surface area contributed by atoms with Crippen molar-refractivity contribution in [3.8, 4) is 0 Å².